The van der Waals surface area contributed by atoms with Crippen LogP contribution in [0.4, 0.5) is 0 Å². The van der Waals surface area contributed by atoms with Crippen molar-refractivity contribution in [1.29, 1.82) is 0 Å². The molecule has 5 nitrogen and oxygen atoms in total. The van der Waals surface area contributed by atoms with Gasteiger partial charge in [0.15, 0.2) is 0 Å². The van der Waals surface area contributed by atoms with Crippen molar-refractivity contribution in [2.24, 2.45) is 11.3 Å². The molecule has 4 rings (SSSR count). The Kier molecular flexibility index (Phi) is 5.55. The molecule has 2 atom stereocenters. The summed E-state index contributed by atoms with van der Waals surface area (Å²) in [5.41, 5.74) is 1.30. The molecule has 3 fully saturated rings. The second-order valence-corrected chi connectivity index (χ2v) is 8.29. The zero-order valence-corrected chi connectivity index (χ0v) is 15.6. The van der Waals surface area contributed by atoms with Crippen molar-refractivity contribution in [3.63, 3.8) is 0 Å². The lowest BCUT2D eigenvalue weighted by Gasteiger charge is -2.28. The Balaban J connectivity index is 1.28. The van der Waals surface area contributed by atoms with Crippen LogP contribution < -0.4 is 0 Å². The van der Waals surface area contributed by atoms with Gasteiger partial charge < -0.3 is 14.4 Å². The second-order valence-electron chi connectivity index (χ2n) is 8.29. The molecule has 1 aliphatic heterocycles. The summed E-state index contributed by atoms with van der Waals surface area (Å²) >= 11 is 0. The molecule has 0 radical (unpaired) electrons. The highest BCUT2D eigenvalue weighted by Gasteiger charge is 2.50. The molecule has 1 saturated heterocycles. The minimum atomic E-state index is 0.149. The second kappa shape index (κ2) is 8.05. The van der Waals surface area contributed by atoms with Crippen LogP contribution in [0.15, 0.2) is 24.5 Å². The zero-order valence-electron chi connectivity index (χ0n) is 15.6. The first-order valence-electron chi connectivity index (χ1n) is 10.1. The number of amides is 1. The molecule has 2 heterocycles. The number of carbonyl (C=O) groups is 1. The van der Waals surface area contributed by atoms with E-state index in [1.807, 2.05) is 17.0 Å². The topological polar surface area (TPSA) is 51.7 Å². The van der Waals surface area contributed by atoms with Crippen LogP contribution >= 0.6 is 0 Å². The number of nitrogens with zero attached hydrogens (tertiary/aromatic N) is 2. The molecule has 0 aromatic carbocycles. The number of rotatable bonds is 7. The Morgan fingerprint density at radius 3 is 2.81 bits per heavy atom. The van der Waals surface area contributed by atoms with E-state index in [0.717, 1.165) is 38.1 Å². The Morgan fingerprint density at radius 2 is 2.00 bits per heavy atom. The van der Waals surface area contributed by atoms with Gasteiger partial charge in [0.1, 0.15) is 6.61 Å². The van der Waals surface area contributed by atoms with Crippen molar-refractivity contribution in [1.82, 2.24) is 9.88 Å². The molecule has 2 aliphatic carbocycles. The average Bonchev–Trinajstić information content (AvgIpc) is 3.36. The van der Waals surface area contributed by atoms with Crippen molar-refractivity contribution in [2.75, 3.05) is 26.3 Å². The summed E-state index contributed by atoms with van der Waals surface area (Å²) in [5.74, 6) is 0.746. The number of hydrogen-bond donors (Lipinski definition) is 0. The van der Waals surface area contributed by atoms with E-state index in [9.17, 15) is 4.79 Å². The Labute approximate surface area is 156 Å². The third-order valence-electron chi connectivity index (χ3n) is 6.54. The zero-order chi connectivity index (χ0) is 17.8. The summed E-state index contributed by atoms with van der Waals surface area (Å²) in [6.45, 7) is 3.33. The van der Waals surface area contributed by atoms with Gasteiger partial charge in [0, 0.05) is 30.9 Å². The predicted octanol–water partition coefficient (Wildman–Crippen LogP) is 3.19. The molecule has 0 spiro atoms. The van der Waals surface area contributed by atoms with Gasteiger partial charge in [0.2, 0.25) is 5.91 Å². The summed E-state index contributed by atoms with van der Waals surface area (Å²) in [4.78, 5) is 18.7. The molecule has 0 bridgehead atoms. The van der Waals surface area contributed by atoms with Gasteiger partial charge in [-0.2, -0.15) is 0 Å². The van der Waals surface area contributed by atoms with Gasteiger partial charge >= 0.3 is 0 Å². The van der Waals surface area contributed by atoms with Crippen molar-refractivity contribution in [3.05, 3.63) is 30.1 Å². The van der Waals surface area contributed by atoms with Crippen LogP contribution in [-0.4, -0.2) is 48.2 Å². The fourth-order valence-electron chi connectivity index (χ4n) is 5.03. The lowest BCUT2D eigenvalue weighted by molar-refractivity contribution is -0.137. The highest BCUT2D eigenvalue weighted by atomic mass is 16.5. The van der Waals surface area contributed by atoms with E-state index in [1.54, 1.807) is 12.4 Å². The lowest BCUT2D eigenvalue weighted by Crippen LogP contribution is -2.37. The van der Waals surface area contributed by atoms with E-state index in [1.165, 1.54) is 32.1 Å². The van der Waals surface area contributed by atoms with Crippen LogP contribution in [0.25, 0.3) is 0 Å². The van der Waals surface area contributed by atoms with Gasteiger partial charge in [-0.05, 0) is 49.3 Å². The first-order chi connectivity index (χ1) is 12.8. The van der Waals surface area contributed by atoms with Gasteiger partial charge in [0.25, 0.3) is 0 Å². The molecular formula is C21H30N2O3. The SMILES string of the molecule is O=C(COC1CCCC1)N1C[C@@H]2CCC[C@]2(COCc2ccncc2)C1. The van der Waals surface area contributed by atoms with Crippen LogP contribution in [0.1, 0.15) is 50.5 Å². The molecule has 3 aliphatic rings. The molecule has 1 aromatic heterocycles. The summed E-state index contributed by atoms with van der Waals surface area (Å²) in [7, 11) is 0. The van der Waals surface area contributed by atoms with Crippen LogP contribution in [0.5, 0.6) is 0 Å². The number of fused-ring (bicyclic) bond motifs is 1. The lowest BCUT2D eigenvalue weighted by atomic mass is 9.81. The molecule has 0 N–H and O–H groups in total. The van der Waals surface area contributed by atoms with Crippen LogP contribution in [0.3, 0.4) is 0 Å². The minimum absolute atomic E-state index is 0.149. The summed E-state index contributed by atoms with van der Waals surface area (Å²) in [5, 5.41) is 0. The Morgan fingerprint density at radius 1 is 1.19 bits per heavy atom. The number of hydrogen-bond acceptors (Lipinski definition) is 4. The summed E-state index contributed by atoms with van der Waals surface area (Å²) in [6.07, 6.45) is 12.2. The molecule has 1 aromatic rings. The maximum absolute atomic E-state index is 12.6. The van der Waals surface area contributed by atoms with Gasteiger partial charge in [-0.3, -0.25) is 9.78 Å². The summed E-state index contributed by atoms with van der Waals surface area (Å²) in [6, 6.07) is 3.99. The van der Waals surface area contributed by atoms with E-state index >= 15 is 0 Å². The quantitative estimate of drug-likeness (QED) is 0.751. The molecule has 26 heavy (non-hydrogen) atoms. The van der Waals surface area contributed by atoms with Crippen LogP contribution in [0.2, 0.25) is 0 Å². The van der Waals surface area contributed by atoms with Crippen LogP contribution in [-0.2, 0) is 20.9 Å². The van der Waals surface area contributed by atoms with Gasteiger partial charge in [0.05, 0.1) is 19.3 Å². The maximum atomic E-state index is 12.6. The van der Waals surface area contributed by atoms with Crippen molar-refractivity contribution >= 4 is 5.91 Å². The molecule has 5 heteroatoms. The third-order valence-corrected chi connectivity index (χ3v) is 6.54. The number of likely N-dealkylation sites (tertiary alicyclic amines) is 1. The van der Waals surface area contributed by atoms with Crippen molar-refractivity contribution < 1.29 is 14.3 Å². The van der Waals surface area contributed by atoms with E-state index in [0.29, 0.717) is 18.6 Å². The predicted molar refractivity (Wildman–Crippen MR) is 98.5 cm³/mol. The molecule has 0 unspecified atom stereocenters. The maximum Gasteiger partial charge on any atom is 0.248 e. The monoisotopic (exact) mass is 358 g/mol. The van der Waals surface area contributed by atoms with Crippen LogP contribution in [0, 0.1) is 11.3 Å². The minimum Gasteiger partial charge on any atom is -0.376 e. The fourth-order valence-corrected chi connectivity index (χ4v) is 5.03. The normalized spacial score (nSPS) is 28.6. The average molecular weight is 358 g/mol. The number of carbonyl (C=O) groups excluding carboxylic acids is 1. The Hall–Kier alpha value is -1.46. The number of aromatic nitrogens is 1. The number of pyridine rings is 1. The standard InChI is InChI=1S/C21H30N2O3/c24-20(14-26-19-5-1-2-6-19)23-12-18-4-3-9-21(18,15-23)16-25-13-17-7-10-22-11-8-17/h7-8,10-11,18-19H,1-6,9,12-16H2/t18-,21+/m0/s1. The van der Waals surface area contributed by atoms with Crippen molar-refractivity contribution in [3.8, 4) is 0 Å². The molecular weight excluding hydrogens is 328 g/mol. The van der Waals surface area contributed by atoms with Gasteiger partial charge in [-0.1, -0.05) is 19.3 Å². The highest BCUT2D eigenvalue weighted by Crippen LogP contribution is 2.49. The van der Waals surface area contributed by atoms with E-state index in [-0.39, 0.29) is 17.9 Å². The molecule has 2 saturated carbocycles. The van der Waals surface area contributed by atoms with Gasteiger partial charge in [-0.25, -0.2) is 0 Å². The number of ether oxygens (including phenoxy) is 2. The molecule has 142 valence electrons. The summed E-state index contributed by atoms with van der Waals surface area (Å²) < 4.78 is 11.9. The van der Waals surface area contributed by atoms with E-state index in [4.69, 9.17) is 9.47 Å². The third kappa shape index (κ3) is 3.94. The smallest absolute Gasteiger partial charge is 0.248 e. The van der Waals surface area contributed by atoms with Gasteiger partial charge in [-0.15, -0.1) is 0 Å². The highest BCUT2D eigenvalue weighted by molar-refractivity contribution is 5.78. The van der Waals surface area contributed by atoms with E-state index < -0.39 is 0 Å². The Bertz CT molecular complexity index is 603. The largest absolute Gasteiger partial charge is 0.376 e. The van der Waals surface area contributed by atoms with Crippen molar-refractivity contribution in [2.45, 2.75) is 57.7 Å². The first-order valence-corrected chi connectivity index (χ1v) is 10.1. The fraction of sp³-hybridized carbons (Fsp3) is 0.714. The molecule has 1 amide bonds. The first kappa shape index (κ1) is 17.9. The van der Waals surface area contributed by atoms with E-state index in [2.05, 4.69) is 4.98 Å².